The standard InChI is InChI=1S/C19H25N3O3/c1-14-5-3-10-22(14)11-4-12-25-15-6-7-16(18(13-15)24-2)17-8-9-19(23)21-20-17/h6-9,13-14H,3-5,10-12H2,1-2H3,(H,21,23). The first-order valence-electron chi connectivity index (χ1n) is 8.78. The zero-order valence-corrected chi connectivity index (χ0v) is 14.8. The van der Waals surface area contributed by atoms with Gasteiger partial charge < -0.3 is 14.4 Å². The summed E-state index contributed by atoms with van der Waals surface area (Å²) in [7, 11) is 1.61. The van der Waals surface area contributed by atoms with E-state index < -0.39 is 0 Å². The fourth-order valence-corrected chi connectivity index (χ4v) is 3.25. The lowest BCUT2D eigenvalue weighted by Crippen LogP contribution is -2.28. The van der Waals surface area contributed by atoms with Crippen LogP contribution in [0.5, 0.6) is 11.5 Å². The number of H-pyrrole nitrogens is 1. The largest absolute Gasteiger partial charge is 0.496 e. The zero-order valence-electron chi connectivity index (χ0n) is 14.8. The maximum Gasteiger partial charge on any atom is 0.264 e. The maximum atomic E-state index is 11.2. The van der Waals surface area contributed by atoms with Crippen molar-refractivity contribution in [2.75, 3.05) is 26.8 Å². The minimum Gasteiger partial charge on any atom is -0.496 e. The van der Waals surface area contributed by atoms with Gasteiger partial charge in [0, 0.05) is 30.3 Å². The molecular formula is C19H25N3O3. The molecule has 1 aliphatic heterocycles. The average Bonchev–Trinajstić information content (AvgIpc) is 3.04. The van der Waals surface area contributed by atoms with Gasteiger partial charge in [-0.15, -0.1) is 0 Å². The molecule has 0 amide bonds. The summed E-state index contributed by atoms with van der Waals surface area (Å²) < 4.78 is 11.3. The van der Waals surface area contributed by atoms with Crippen molar-refractivity contribution in [3.05, 3.63) is 40.7 Å². The summed E-state index contributed by atoms with van der Waals surface area (Å²) in [6.07, 6.45) is 3.62. The number of hydrogen-bond acceptors (Lipinski definition) is 5. The minimum absolute atomic E-state index is 0.227. The van der Waals surface area contributed by atoms with Crippen LogP contribution in [0.15, 0.2) is 35.1 Å². The lowest BCUT2D eigenvalue weighted by atomic mass is 10.1. The quantitative estimate of drug-likeness (QED) is 0.783. The van der Waals surface area contributed by atoms with Crippen LogP contribution in [0.4, 0.5) is 0 Å². The van der Waals surface area contributed by atoms with Crippen molar-refractivity contribution < 1.29 is 9.47 Å². The summed E-state index contributed by atoms with van der Waals surface area (Å²) in [6.45, 7) is 5.26. The molecule has 1 N–H and O–H groups in total. The van der Waals surface area contributed by atoms with E-state index >= 15 is 0 Å². The van der Waals surface area contributed by atoms with E-state index in [1.807, 2.05) is 18.2 Å². The highest BCUT2D eigenvalue weighted by molar-refractivity contribution is 5.68. The third-order valence-electron chi connectivity index (χ3n) is 4.68. The van der Waals surface area contributed by atoms with Gasteiger partial charge in [-0.1, -0.05) is 0 Å². The molecule has 0 radical (unpaired) electrons. The van der Waals surface area contributed by atoms with Gasteiger partial charge in [0.25, 0.3) is 5.56 Å². The fraction of sp³-hybridized carbons (Fsp3) is 0.474. The lowest BCUT2D eigenvalue weighted by Gasteiger charge is -2.20. The summed E-state index contributed by atoms with van der Waals surface area (Å²) in [6, 6.07) is 9.49. The van der Waals surface area contributed by atoms with Crippen molar-refractivity contribution in [2.24, 2.45) is 0 Å². The van der Waals surface area contributed by atoms with Crippen LogP contribution in [0.3, 0.4) is 0 Å². The van der Waals surface area contributed by atoms with E-state index in [4.69, 9.17) is 9.47 Å². The van der Waals surface area contributed by atoms with Crippen molar-refractivity contribution >= 4 is 0 Å². The topological polar surface area (TPSA) is 67.5 Å². The minimum atomic E-state index is -0.227. The second-order valence-corrected chi connectivity index (χ2v) is 6.40. The molecule has 25 heavy (non-hydrogen) atoms. The summed E-state index contributed by atoms with van der Waals surface area (Å²) in [5.41, 5.74) is 1.25. The van der Waals surface area contributed by atoms with Gasteiger partial charge in [0.2, 0.25) is 0 Å². The normalized spacial score (nSPS) is 17.6. The molecule has 1 aromatic carbocycles. The molecule has 0 saturated carbocycles. The Hall–Kier alpha value is -2.34. The summed E-state index contributed by atoms with van der Waals surface area (Å²) in [4.78, 5) is 13.7. The van der Waals surface area contributed by atoms with Gasteiger partial charge >= 0.3 is 0 Å². The number of hydrogen-bond donors (Lipinski definition) is 1. The van der Waals surface area contributed by atoms with E-state index in [1.54, 1.807) is 13.2 Å². The number of methoxy groups -OCH3 is 1. The van der Waals surface area contributed by atoms with E-state index in [-0.39, 0.29) is 5.56 Å². The first-order valence-corrected chi connectivity index (χ1v) is 8.78. The monoisotopic (exact) mass is 343 g/mol. The molecule has 1 unspecified atom stereocenters. The Morgan fingerprint density at radius 1 is 1.32 bits per heavy atom. The Labute approximate surface area is 147 Å². The molecule has 6 heteroatoms. The van der Waals surface area contributed by atoms with Crippen LogP contribution in [-0.2, 0) is 0 Å². The fourth-order valence-electron chi connectivity index (χ4n) is 3.25. The van der Waals surface area contributed by atoms with Gasteiger partial charge in [-0.25, -0.2) is 5.10 Å². The lowest BCUT2D eigenvalue weighted by molar-refractivity contribution is 0.230. The summed E-state index contributed by atoms with van der Waals surface area (Å²) in [5, 5.41) is 6.49. The number of aromatic nitrogens is 2. The van der Waals surface area contributed by atoms with Crippen molar-refractivity contribution in [3.63, 3.8) is 0 Å². The van der Waals surface area contributed by atoms with Crippen LogP contribution in [0.2, 0.25) is 0 Å². The van der Waals surface area contributed by atoms with Crippen molar-refractivity contribution in [2.45, 2.75) is 32.2 Å². The maximum absolute atomic E-state index is 11.2. The Morgan fingerprint density at radius 3 is 2.88 bits per heavy atom. The second kappa shape index (κ2) is 8.16. The predicted octanol–water partition coefficient (Wildman–Crippen LogP) is 2.70. The third-order valence-corrected chi connectivity index (χ3v) is 4.68. The van der Waals surface area contributed by atoms with E-state index in [2.05, 4.69) is 22.0 Å². The van der Waals surface area contributed by atoms with Crippen LogP contribution < -0.4 is 15.0 Å². The van der Waals surface area contributed by atoms with E-state index in [1.165, 1.54) is 25.5 Å². The Kier molecular flexibility index (Phi) is 5.71. The molecule has 1 saturated heterocycles. The average molecular weight is 343 g/mol. The molecule has 134 valence electrons. The van der Waals surface area contributed by atoms with E-state index in [9.17, 15) is 4.79 Å². The number of nitrogens with zero attached hydrogens (tertiary/aromatic N) is 2. The molecule has 1 aromatic heterocycles. The van der Waals surface area contributed by atoms with Crippen molar-refractivity contribution in [3.8, 4) is 22.8 Å². The van der Waals surface area contributed by atoms with Gasteiger partial charge in [-0.3, -0.25) is 4.79 Å². The molecule has 6 nitrogen and oxygen atoms in total. The molecule has 1 atom stereocenters. The molecule has 1 aliphatic rings. The summed E-state index contributed by atoms with van der Waals surface area (Å²) >= 11 is 0. The highest BCUT2D eigenvalue weighted by Gasteiger charge is 2.19. The van der Waals surface area contributed by atoms with Crippen LogP contribution in [0, 0.1) is 0 Å². The molecule has 0 aliphatic carbocycles. The van der Waals surface area contributed by atoms with Crippen molar-refractivity contribution in [1.29, 1.82) is 0 Å². The Balaban J connectivity index is 1.59. The zero-order chi connectivity index (χ0) is 17.6. The van der Waals surface area contributed by atoms with Gasteiger partial charge in [-0.2, -0.15) is 5.10 Å². The molecular weight excluding hydrogens is 318 g/mol. The smallest absolute Gasteiger partial charge is 0.264 e. The van der Waals surface area contributed by atoms with Gasteiger partial charge in [-0.05, 0) is 50.9 Å². The predicted molar refractivity (Wildman–Crippen MR) is 97.2 cm³/mol. The number of nitrogens with one attached hydrogen (secondary N) is 1. The Morgan fingerprint density at radius 2 is 2.20 bits per heavy atom. The van der Waals surface area contributed by atoms with Gasteiger partial charge in [0.15, 0.2) is 0 Å². The van der Waals surface area contributed by atoms with Gasteiger partial charge in [0.05, 0.1) is 19.4 Å². The number of likely N-dealkylation sites (tertiary alicyclic amines) is 1. The van der Waals surface area contributed by atoms with E-state index in [0.717, 1.165) is 24.3 Å². The van der Waals surface area contributed by atoms with Crippen LogP contribution in [-0.4, -0.2) is 47.9 Å². The SMILES string of the molecule is COc1cc(OCCCN2CCCC2C)ccc1-c1ccc(=O)[nH]n1. The molecule has 0 bridgehead atoms. The molecule has 3 rings (SSSR count). The van der Waals surface area contributed by atoms with Gasteiger partial charge in [0.1, 0.15) is 11.5 Å². The van der Waals surface area contributed by atoms with Crippen LogP contribution in [0.1, 0.15) is 26.2 Å². The number of benzene rings is 1. The molecule has 0 spiro atoms. The van der Waals surface area contributed by atoms with Crippen LogP contribution >= 0.6 is 0 Å². The third kappa shape index (κ3) is 4.39. The number of aromatic amines is 1. The second-order valence-electron chi connectivity index (χ2n) is 6.40. The first kappa shape index (κ1) is 17.5. The summed E-state index contributed by atoms with van der Waals surface area (Å²) in [5.74, 6) is 1.45. The van der Waals surface area contributed by atoms with E-state index in [0.29, 0.717) is 24.1 Å². The molecule has 2 heterocycles. The molecule has 2 aromatic rings. The first-order chi connectivity index (χ1) is 12.2. The Bertz CT molecular complexity index is 739. The highest BCUT2D eigenvalue weighted by Crippen LogP contribution is 2.31. The number of ether oxygens (including phenoxy) is 2. The molecule has 1 fully saturated rings. The number of rotatable bonds is 7. The van der Waals surface area contributed by atoms with Crippen molar-refractivity contribution in [1.82, 2.24) is 15.1 Å². The van der Waals surface area contributed by atoms with Crippen LogP contribution in [0.25, 0.3) is 11.3 Å². The highest BCUT2D eigenvalue weighted by atomic mass is 16.5.